The van der Waals surface area contributed by atoms with Crippen molar-refractivity contribution in [3.63, 3.8) is 0 Å². The summed E-state index contributed by atoms with van der Waals surface area (Å²) in [6.07, 6.45) is -2.12. The van der Waals surface area contributed by atoms with Gasteiger partial charge < -0.3 is 74.4 Å². The number of carbonyl (C=O) groups excluding carboxylic acids is 3. The van der Waals surface area contributed by atoms with Gasteiger partial charge in [0.05, 0.1) is 47.6 Å². The van der Waals surface area contributed by atoms with Gasteiger partial charge in [-0.1, -0.05) is 46.3 Å². The molecule has 6 fully saturated rings. The number of esters is 1. The monoisotopic (exact) mass is 1120 g/mol. The molecule has 0 aromatic rings. The van der Waals surface area contributed by atoms with E-state index in [2.05, 4.69) is 12.2 Å². The van der Waals surface area contributed by atoms with Crippen molar-refractivity contribution >= 4 is 17.7 Å². The molecule has 7 rings (SSSR count). The molecule has 3 aliphatic heterocycles. The average Bonchev–Trinajstić information content (AvgIpc) is 3.96. The van der Waals surface area contributed by atoms with Gasteiger partial charge in [0.2, 0.25) is 0 Å². The van der Waals surface area contributed by atoms with Crippen molar-refractivity contribution in [1.82, 2.24) is 15.1 Å². The minimum absolute atomic E-state index is 0.0217. The predicted molar refractivity (Wildman–Crippen MR) is 294 cm³/mol. The molecule has 19 heteroatoms. The van der Waals surface area contributed by atoms with E-state index in [-0.39, 0.29) is 86.8 Å². The highest BCUT2D eigenvalue weighted by Crippen LogP contribution is 2.67. The van der Waals surface area contributed by atoms with Crippen LogP contribution in [-0.4, -0.2) is 206 Å². The molecular formula is C60H101N3O16. The molecule has 7 aliphatic rings. The smallest absolute Gasteiger partial charge is 0.311 e. The van der Waals surface area contributed by atoms with Crippen LogP contribution in [-0.2, 0) is 42.8 Å². The SMILES string of the molecule is CC[C@H]1OC(=O)[C@H](C)[C@@H](OC2C[C@](C)(OC)[C@H](O)C(C)O2)[C@H](C)[C@@H](OC2OC(C)C[C@@H](N(C)C)[C@H]2O)[C@](C)(O)C[C@@H](C)CN(CCCNC(=O)[C@@]2(O)CCC3C4CCC5=CC(=O)C=C[C@]5(C)C4[C@@H](O)C[C@@]32C)[C@H](C)[C@@H](O)[C@]1(C)O. The molecule has 0 aromatic heterocycles. The molecule has 0 aromatic carbocycles. The maximum Gasteiger partial charge on any atom is 0.311 e. The molecule has 25 atom stereocenters. The second-order valence-electron chi connectivity index (χ2n) is 26.9. The van der Waals surface area contributed by atoms with Gasteiger partial charge in [-0.3, -0.25) is 19.3 Å². The van der Waals surface area contributed by atoms with Crippen molar-refractivity contribution in [3.05, 3.63) is 23.8 Å². The topological polar surface area (TPSA) is 267 Å². The van der Waals surface area contributed by atoms with E-state index >= 15 is 0 Å². The lowest BCUT2D eigenvalue weighted by molar-refractivity contribution is -0.318. The summed E-state index contributed by atoms with van der Waals surface area (Å²) in [5.74, 6) is -3.70. The van der Waals surface area contributed by atoms with Crippen LogP contribution in [0.1, 0.15) is 147 Å². The Labute approximate surface area is 470 Å². The van der Waals surface area contributed by atoms with Gasteiger partial charge in [-0.05, 0) is 150 Å². The van der Waals surface area contributed by atoms with Crippen LogP contribution in [0.5, 0.6) is 0 Å². The molecule has 3 heterocycles. The minimum Gasteiger partial charge on any atom is -0.459 e. The number of ether oxygens (including phenoxy) is 6. The van der Waals surface area contributed by atoms with Gasteiger partial charge in [-0.25, -0.2) is 0 Å². The maximum absolute atomic E-state index is 14.7. The van der Waals surface area contributed by atoms with E-state index in [1.165, 1.54) is 14.0 Å². The highest BCUT2D eigenvalue weighted by atomic mass is 16.7. The first kappa shape index (κ1) is 64.1. The highest BCUT2D eigenvalue weighted by molar-refractivity contribution is 6.01. The van der Waals surface area contributed by atoms with Crippen molar-refractivity contribution in [2.45, 2.75) is 249 Å². The number of ketones is 1. The second-order valence-corrected chi connectivity index (χ2v) is 26.9. The van der Waals surface area contributed by atoms with Crippen molar-refractivity contribution in [1.29, 1.82) is 0 Å². The second kappa shape index (κ2) is 24.3. The van der Waals surface area contributed by atoms with E-state index in [4.69, 9.17) is 28.4 Å². The summed E-state index contributed by atoms with van der Waals surface area (Å²) in [4.78, 5) is 45.4. The molecule has 79 heavy (non-hydrogen) atoms. The van der Waals surface area contributed by atoms with E-state index in [0.717, 1.165) is 12.0 Å². The molecule has 452 valence electrons. The fraction of sp³-hybridized carbons (Fsp3) is 0.883. The van der Waals surface area contributed by atoms with Crippen molar-refractivity contribution < 1.29 is 78.6 Å². The van der Waals surface area contributed by atoms with Crippen molar-refractivity contribution in [2.75, 3.05) is 40.8 Å². The van der Waals surface area contributed by atoms with E-state index in [1.807, 2.05) is 50.7 Å². The van der Waals surface area contributed by atoms with Gasteiger partial charge in [0.25, 0.3) is 5.91 Å². The number of nitrogens with zero attached hydrogens (tertiary/aromatic N) is 2. The predicted octanol–water partition coefficient (Wildman–Crippen LogP) is 3.79. The normalized spacial score (nSPS) is 49.4. The molecule has 0 radical (unpaired) electrons. The van der Waals surface area contributed by atoms with E-state index < -0.39 is 124 Å². The van der Waals surface area contributed by atoms with Crippen LogP contribution in [0.25, 0.3) is 0 Å². The fourth-order valence-electron chi connectivity index (χ4n) is 16.2. The number of amides is 1. The summed E-state index contributed by atoms with van der Waals surface area (Å²) in [5.41, 5.74) is -6.87. The van der Waals surface area contributed by atoms with Gasteiger partial charge in [-0.2, -0.15) is 0 Å². The third-order valence-electron chi connectivity index (χ3n) is 21.0. The molecular weight excluding hydrogens is 1020 g/mol. The number of carbonyl (C=O) groups is 3. The standard InChI is InChI=1S/C60H101N3O16/c1-16-44-59(12,72)49(67)36(6)63(25-17-24-61-54(70)60(73)23-21-41-40-19-18-38-27-39(64)20-22-55(38,8)46(40)43(65)29-56(41,60)9)31-32(2)28-57(10,71)51(79-53-47(66)42(62(13)14)26-33(3)75-53)34(4)48(35(5)52(69)77-44)78-45-30-58(11,74-15)50(68)37(7)76-45/h20,22,27,32-37,40-51,53,65-68,71-73H,16-19,21,23-26,28-31H2,1-15H3,(H,61,70)/t32-,33?,34+,35-,36-,37?,40?,41?,42-,43+,44-,45?,46?,47-,48+,49-,50-,51-,53?,55+,56+,57-,58+,59-,60+/m1/s1. The van der Waals surface area contributed by atoms with Crippen molar-refractivity contribution in [3.8, 4) is 0 Å². The van der Waals surface area contributed by atoms with Crippen LogP contribution in [0.4, 0.5) is 0 Å². The Morgan fingerprint density at radius 3 is 2.24 bits per heavy atom. The Morgan fingerprint density at radius 1 is 0.911 bits per heavy atom. The zero-order chi connectivity index (χ0) is 58.7. The summed E-state index contributed by atoms with van der Waals surface area (Å²) < 4.78 is 38.3. The van der Waals surface area contributed by atoms with Crippen LogP contribution in [0.2, 0.25) is 0 Å². The lowest BCUT2D eigenvalue weighted by Gasteiger charge is -2.59. The zero-order valence-electron chi connectivity index (χ0n) is 50.1. The van der Waals surface area contributed by atoms with Gasteiger partial charge in [0.15, 0.2) is 18.4 Å². The van der Waals surface area contributed by atoms with Crippen LogP contribution < -0.4 is 5.32 Å². The number of aliphatic hydroxyl groups is 7. The number of nitrogens with one attached hydrogen (secondary N) is 1. The number of likely N-dealkylation sites (N-methyl/N-ethyl adjacent to an activating group) is 1. The molecule has 19 nitrogen and oxygen atoms in total. The van der Waals surface area contributed by atoms with E-state index in [1.54, 1.807) is 60.6 Å². The van der Waals surface area contributed by atoms with Crippen molar-refractivity contribution in [2.24, 2.45) is 46.3 Å². The van der Waals surface area contributed by atoms with E-state index in [0.29, 0.717) is 32.2 Å². The molecule has 3 saturated carbocycles. The minimum atomic E-state index is -1.98. The zero-order valence-corrected chi connectivity index (χ0v) is 50.1. The Kier molecular flexibility index (Phi) is 19.7. The number of hydrogen-bond acceptors (Lipinski definition) is 18. The first-order valence-corrected chi connectivity index (χ1v) is 29.6. The van der Waals surface area contributed by atoms with Gasteiger partial charge in [0, 0.05) is 67.9 Å². The summed E-state index contributed by atoms with van der Waals surface area (Å²) in [6, 6.07) is -1.11. The molecule has 4 aliphatic carbocycles. The van der Waals surface area contributed by atoms with Gasteiger partial charge >= 0.3 is 5.97 Å². The van der Waals surface area contributed by atoms with Crippen LogP contribution >= 0.6 is 0 Å². The summed E-state index contributed by atoms with van der Waals surface area (Å²) in [6.45, 7) is 22.2. The first-order chi connectivity index (χ1) is 36.7. The first-order valence-electron chi connectivity index (χ1n) is 29.6. The maximum atomic E-state index is 14.7. The average molecular weight is 1120 g/mol. The third kappa shape index (κ3) is 12.3. The number of methoxy groups -OCH3 is 1. The Morgan fingerprint density at radius 2 is 1.59 bits per heavy atom. The Hall–Kier alpha value is -2.47. The summed E-state index contributed by atoms with van der Waals surface area (Å²) in [5, 5.41) is 88.2. The Bertz CT molecular complexity index is 2210. The number of hydrogen-bond donors (Lipinski definition) is 8. The lowest BCUT2D eigenvalue weighted by Crippen LogP contribution is -2.63. The summed E-state index contributed by atoms with van der Waals surface area (Å²) >= 11 is 0. The van der Waals surface area contributed by atoms with Gasteiger partial charge in [-0.15, -0.1) is 0 Å². The lowest BCUT2D eigenvalue weighted by atomic mass is 9.46. The van der Waals surface area contributed by atoms with E-state index in [9.17, 15) is 50.1 Å². The molecule has 1 amide bonds. The van der Waals surface area contributed by atoms with Gasteiger partial charge in [0.1, 0.15) is 35.6 Å². The quantitative estimate of drug-likeness (QED) is 0.102. The molecule has 7 unspecified atom stereocenters. The highest BCUT2D eigenvalue weighted by Gasteiger charge is 2.68. The number of allylic oxidation sites excluding steroid dienone is 4. The van der Waals surface area contributed by atoms with Crippen LogP contribution in [0.15, 0.2) is 23.8 Å². The number of aliphatic hydroxyl groups excluding tert-OH is 4. The number of fused-ring (bicyclic) bond motifs is 5. The summed E-state index contributed by atoms with van der Waals surface area (Å²) in [7, 11) is 5.23. The third-order valence-corrected chi connectivity index (χ3v) is 21.0. The molecule has 8 N–H and O–H groups in total. The molecule has 0 spiro atoms. The van der Waals surface area contributed by atoms with Crippen LogP contribution in [0, 0.1) is 46.3 Å². The molecule has 3 saturated heterocycles. The number of rotatable bonds is 12. The van der Waals surface area contributed by atoms with Crippen LogP contribution in [0.3, 0.4) is 0 Å². The molecule has 0 bridgehead atoms. The Balaban J connectivity index is 1.15. The number of cyclic esters (lactones) is 1. The fourth-order valence-corrected chi connectivity index (χ4v) is 16.2. The largest absolute Gasteiger partial charge is 0.459 e.